The number of anilines is 1. The van der Waals surface area contributed by atoms with Gasteiger partial charge in [-0.05, 0) is 50.5 Å². The van der Waals surface area contributed by atoms with Crippen LogP contribution >= 0.6 is 24.0 Å². The maximum atomic E-state index is 13.7. The fourth-order valence-electron chi connectivity index (χ4n) is 4.73. The van der Waals surface area contributed by atoms with Gasteiger partial charge in [-0.1, -0.05) is 60.4 Å². The Balaban J connectivity index is 1.54. The highest BCUT2D eigenvalue weighted by molar-refractivity contribution is 8.26. The third kappa shape index (κ3) is 4.83. The number of nitrogens with zero attached hydrogens (tertiary/aromatic N) is 4. The fourth-order valence-corrected chi connectivity index (χ4v) is 6.02. The van der Waals surface area contributed by atoms with Crippen LogP contribution in [0.5, 0.6) is 0 Å². The minimum atomic E-state index is -0.208. The van der Waals surface area contributed by atoms with Crippen LogP contribution in [0.1, 0.15) is 30.5 Å². The quantitative estimate of drug-likeness (QED) is 0.371. The molecule has 0 N–H and O–H groups in total. The summed E-state index contributed by atoms with van der Waals surface area (Å²) in [6.45, 7) is 7.67. The second-order valence-corrected chi connectivity index (χ2v) is 10.9. The van der Waals surface area contributed by atoms with Crippen LogP contribution in [0.3, 0.4) is 0 Å². The summed E-state index contributed by atoms with van der Waals surface area (Å²) in [5, 5.41) is 0. The first-order chi connectivity index (χ1) is 17.3. The van der Waals surface area contributed by atoms with Crippen molar-refractivity contribution in [2.45, 2.75) is 39.4 Å². The highest BCUT2D eigenvalue weighted by atomic mass is 32.2. The summed E-state index contributed by atoms with van der Waals surface area (Å²) < 4.78 is 7.96. The number of ether oxygens (including phenoxy) is 1. The van der Waals surface area contributed by atoms with Crippen molar-refractivity contribution >= 4 is 51.7 Å². The Morgan fingerprint density at radius 1 is 1.11 bits per heavy atom. The predicted molar refractivity (Wildman–Crippen MR) is 148 cm³/mol. The SMILES string of the molecule is Cc1cccn2c(=O)c(/C=C3\SC(=S)N(CCc4ccccc4)C3=O)c(N3C[C@@H](C)O[C@H](C)C3)nc12. The number of pyridine rings is 1. The Hall–Kier alpha value is -3.01. The van der Waals surface area contributed by atoms with Gasteiger partial charge < -0.3 is 9.64 Å². The molecule has 1 amide bonds. The molecule has 0 saturated carbocycles. The van der Waals surface area contributed by atoms with Crippen molar-refractivity contribution in [2.75, 3.05) is 24.5 Å². The van der Waals surface area contributed by atoms with Gasteiger partial charge in [0.1, 0.15) is 15.8 Å². The van der Waals surface area contributed by atoms with E-state index in [0.29, 0.717) is 52.3 Å². The normalized spacial score (nSPS) is 21.7. The first-order valence-corrected chi connectivity index (χ1v) is 13.3. The van der Waals surface area contributed by atoms with Gasteiger partial charge in [-0.2, -0.15) is 0 Å². The third-order valence-electron chi connectivity index (χ3n) is 6.40. The van der Waals surface area contributed by atoms with Crippen molar-refractivity contribution in [3.8, 4) is 0 Å². The number of carbonyl (C=O) groups excluding carboxylic acids is 1. The topological polar surface area (TPSA) is 67.2 Å². The molecule has 2 atom stereocenters. The number of thioether (sulfide) groups is 1. The van der Waals surface area contributed by atoms with Crippen LogP contribution in [-0.4, -0.2) is 56.4 Å². The van der Waals surface area contributed by atoms with Gasteiger partial charge in [0, 0.05) is 25.8 Å². The lowest BCUT2D eigenvalue weighted by atomic mass is 10.1. The molecule has 2 aromatic heterocycles. The van der Waals surface area contributed by atoms with Crippen molar-refractivity contribution in [2.24, 2.45) is 0 Å². The van der Waals surface area contributed by atoms with E-state index in [9.17, 15) is 9.59 Å². The molecule has 36 heavy (non-hydrogen) atoms. The number of hydrogen-bond donors (Lipinski definition) is 0. The lowest BCUT2D eigenvalue weighted by Gasteiger charge is -2.36. The van der Waals surface area contributed by atoms with Crippen molar-refractivity contribution in [3.05, 3.63) is 80.6 Å². The lowest BCUT2D eigenvalue weighted by Crippen LogP contribution is -2.46. The number of benzene rings is 1. The predicted octanol–water partition coefficient (Wildman–Crippen LogP) is 4.06. The highest BCUT2D eigenvalue weighted by Gasteiger charge is 2.33. The molecule has 0 aliphatic carbocycles. The van der Waals surface area contributed by atoms with E-state index < -0.39 is 0 Å². The summed E-state index contributed by atoms with van der Waals surface area (Å²) in [5.41, 5.74) is 2.84. The standard InChI is InChI=1S/C27H28N4O3S2/c1-17-8-7-12-30-23(17)28-24(29-15-18(2)34-19(3)16-29)21(25(30)32)14-22-26(33)31(27(35)36-22)13-11-20-9-5-4-6-10-20/h4-10,12,14,18-19H,11,13,15-16H2,1-3H3/b22-14-/t18-,19-/m1/s1. The average Bonchev–Trinajstić information content (AvgIpc) is 3.11. The number of rotatable bonds is 5. The van der Waals surface area contributed by atoms with Crippen LogP contribution in [0.4, 0.5) is 5.82 Å². The second kappa shape index (κ2) is 10.2. The molecule has 0 spiro atoms. The minimum absolute atomic E-state index is 0.00470. The Morgan fingerprint density at radius 2 is 1.83 bits per heavy atom. The molecule has 7 nitrogen and oxygen atoms in total. The Bertz CT molecular complexity index is 1410. The number of hydrogen-bond acceptors (Lipinski definition) is 7. The summed E-state index contributed by atoms with van der Waals surface area (Å²) in [7, 11) is 0. The van der Waals surface area contributed by atoms with Crippen LogP contribution in [0.2, 0.25) is 0 Å². The number of aromatic nitrogens is 2. The van der Waals surface area contributed by atoms with Crippen molar-refractivity contribution in [3.63, 3.8) is 0 Å². The van der Waals surface area contributed by atoms with E-state index in [4.69, 9.17) is 21.9 Å². The zero-order valence-electron chi connectivity index (χ0n) is 20.5. The largest absolute Gasteiger partial charge is 0.372 e. The molecular weight excluding hydrogens is 492 g/mol. The van der Waals surface area contributed by atoms with Crippen LogP contribution < -0.4 is 10.5 Å². The van der Waals surface area contributed by atoms with E-state index in [1.807, 2.05) is 63.2 Å². The zero-order valence-corrected chi connectivity index (χ0v) is 22.1. The van der Waals surface area contributed by atoms with Gasteiger partial charge in [0.15, 0.2) is 0 Å². The maximum absolute atomic E-state index is 13.7. The summed E-state index contributed by atoms with van der Waals surface area (Å²) in [5.74, 6) is 0.398. The second-order valence-electron chi connectivity index (χ2n) is 9.27. The Morgan fingerprint density at radius 3 is 2.56 bits per heavy atom. The van der Waals surface area contributed by atoms with E-state index in [0.717, 1.165) is 11.1 Å². The Kier molecular flexibility index (Phi) is 6.96. The number of amides is 1. The van der Waals surface area contributed by atoms with Crippen LogP contribution in [0, 0.1) is 6.92 Å². The van der Waals surface area contributed by atoms with Gasteiger partial charge >= 0.3 is 0 Å². The molecule has 186 valence electrons. The smallest absolute Gasteiger partial charge is 0.267 e. The first kappa shape index (κ1) is 24.7. The van der Waals surface area contributed by atoms with Crippen molar-refractivity contribution in [1.29, 1.82) is 0 Å². The van der Waals surface area contributed by atoms with Crippen molar-refractivity contribution < 1.29 is 9.53 Å². The molecule has 5 rings (SSSR count). The Labute approximate surface area is 219 Å². The molecule has 2 fully saturated rings. The highest BCUT2D eigenvalue weighted by Crippen LogP contribution is 2.34. The van der Waals surface area contributed by atoms with Gasteiger partial charge in [0.2, 0.25) is 0 Å². The van der Waals surface area contributed by atoms with Crippen LogP contribution in [0.25, 0.3) is 11.7 Å². The van der Waals surface area contributed by atoms with Gasteiger partial charge in [0.25, 0.3) is 11.5 Å². The summed E-state index contributed by atoms with van der Waals surface area (Å²) in [6.07, 6.45) is 4.08. The van der Waals surface area contributed by atoms with Gasteiger partial charge in [0.05, 0.1) is 22.7 Å². The number of thiocarbonyl (C=S) groups is 1. The molecule has 0 bridgehead atoms. The molecule has 2 aliphatic heterocycles. The molecule has 9 heteroatoms. The lowest BCUT2D eigenvalue weighted by molar-refractivity contribution is -0.122. The average molecular weight is 521 g/mol. The third-order valence-corrected chi connectivity index (χ3v) is 7.78. The molecular formula is C27H28N4O3S2. The van der Waals surface area contributed by atoms with E-state index >= 15 is 0 Å². The number of aryl methyl sites for hydroxylation is 1. The van der Waals surface area contributed by atoms with Gasteiger partial charge in [-0.25, -0.2) is 4.98 Å². The van der Waals surface area contributed by atoms with E-state index in [-0.39, 0.29) is 23.7 Å². The maximum Gasteiger partial charge on any atom is 0.267 e. The summed E-state index contributed by atoms with van der Waals surface area (Å²) in [4.78, 5) is 36.2. The molecule has 4 heterocycles. The van der Waals surface area contributed by atoms with E-state index in [2.05, 4.69) is 4.90 Å². The zero-order chi connectivity index (χ0) is 25.4. The molecule has 3 aromatic rings. The van der Waals surface area contributed by atoms with E-state index in [1.54, 1.807) is 21.6 Å². The molecule has 0 radical (unpaired) electrons. The summed E-state index contributed by atoms with van der Waals surface area (Å²) >= 11 is 6.78. The minimum Gasteiger partial charge on any atom is -0.372 e. The van der Waals surface area contributed by atoms with E-state index in [1.165, 1.54) is 11.8 Å². The number of fused-ring (bicyclic) bond motifs is 1. The van der Waals surface area contributed by atoms with Crippen LogP contribution in [-0.2, 0) is 16.0 Å². The molecule has 0 unspecified atom stereocenters. The number of morpholine rings is 1. The molecule has 2 saturated heterocycles. The monoisotopic (exact) mass is 520 g/mol. The summed E-state index contributed by atoms with van der Waals surface area (Å²) in [6, 6.07) is 13.8. The van der Waals surface area contributed by atoms with Gasteiger partial charge in [-0.3, -0.25) is 18.9 Å². The molecule has 2 aliphatic rings. The number of carbonyl (C=O) groups is 1. The fraction of sp³-hybridized carbons (Fsp3) is 0.333. The van der Waals surface area contributed by atoms with Crippen LogP contribution in [0.15, 0.2) is 58.4 Å². The molecule has 1 aromatic carbocycles. The van der Waals surface area contributed by atoms with Gasteiger partial charge in [-0.15, -0.1) is 0 Å². The van der Waals surface area contributed by atoms with Crippen molar-refractivity contribution in [1.82, 2.24) is 14.3 Å². The first-order valence-electron chi connectivity index (χ1n) is 12.0.